The number of nitrogens with one attached hydrogen (secondary N) is 1. The van der Waals surface area contributed by atoms with Gasteiger partial charge in [-0.2, -0.15) is 0 Å². The Hall–Kier alpha value is -2.56. The number of hydrogen-bond donors (Lipinski definition) is 1. The second kappa shape index (κ2) is 6.63. The second-order valence-electron chi connectivity index (χ2n) is 8.05. The fourth-order valence-electron chi connectivity index (χ4n) is 3.19. The van der Waals surface area contributed by atoms with E-state index < -0.39 is 11.7 Å². The summed E-state index contributed by atoms with van der Waals surface area (Å²) in [7, 11) is 0. The van der Waals surface area contributed by atoms with Gasteiger partial charge in [0.15, 0.2) is 0 Å². The van der Waals surface area contributed by atoms with Crippen molar-refractivity contribution in [3.05, 3.63) is 41.6 Å². The number of amides is 2. The maximum Gasteiger partial charge on any atom is 0.417 e. The summed E-state index contributed by atoms with van der Waals surface area (Å²) >= 11 is 0. The Morgan fingerprint density at radius 3 is 2.62 bits per heavy atom. The number of nitrogens with zero attached hydrogens (tertiary/aromatic N) is 1. The van der Waals surface area contributed by atoms with E-state index in [2.05, 4.69) is 24.9 Å². The molecular formula is C21H26N2O3. The van der Waals surface area contributed by atoms with Gasteiger partial charge in [0.2, 0.25) is 0 Å². The number of carbonyl (C=O) groups is 2. The number of aromatic nitrogens is 1. The first-order valence-corrected chi connectivity index (χ1v) is 9.02. The van der Waals surface area contributed by atoms with Crippen molar-refractivity contribution in [1.29, 1.82) is 0 Å². The minimum atomic E-state index is -0.617. The summed E-state index contributed by atoms with van der Waals surface area (Å²) in [6.07, 6.45) is 3.64. The van der Waals surface area contributed by atoms with Crippen LogP contribution in [-0.4, -0.2) is 34.0 Å². The van der Waals surface area contributed by atoms with Crippen LogP contribution in [0.15, 0.2) is 30.5 Å². The lowest BCUT2D eigenvalue weighted by Crippen LogP contribution is -2.42. The van der Waals surface area contributed by atoms with E-state index in [1.165, 1.54) is 15.8 Å². The number of rotatable bonds is 2. The van der Waals surface area contributed by atoms with Crippen molar-refractivity contribution in [3.63, 3.8) is 0 Å². The van der Waals surface area contributed by atoms with Crippen LogP contribution in [0.25, 0.3) is 16.5 Å². The van der Waals surface area contributed by atoms with Crippen molar-refractivity contribution in [2.45, 2.75) is 52.6 Å². The van der Waals surface area contributed by atoms with Crippen LogP contribution >= 0.6 is 0 Å². The Kier molecular flexibility index (Phi) is 4.65. The fraction of sp³-hybridized carbons (Fsp3) is 0.429. The van der Waals surface area contributed by atoms with Crippen LogP contribution < -0.4 is 0 Å². The summed E-state index contributed by atoms with van der Waals surface area (Å²) in [5, 5.41) is 1.18. The molecule has 2 aromatic rings. The van der Waals surface area contributed by atoms with Crippen molar-refractivity contribution >= 4 is 28.5 Å². The molecule has 26 heavy (non-hydrogen) atoms. The first-order chi connectivity index (χ1) is 12.2. The zero-order chi connectivity index (χ0) is 19.1. The van der Waals surface area contributed by atoms with Gasteiger partial charge in [0.05, 0.1) is 0 Å². The van der Waals surface area contributed by atoms with E-state index in [-0.39, 0.29) is 5.91 Å². The quantitative estimate of drug-likeness (QED) is 0.839. The van der Waals surface area contributed by atoms with E-state index in [0.717, 1.165) is 16.7 Å². The van der Waals surface area contributed by atoms with Crippen molar-refractivity contribution < 1.29 is 14.3 Å². The molecule has 0 saturated heterocycles. The van der Waals surface area contributed by atoms with Gasteiger partial charge >= 0.3 is 6.09 Å². The molecule has 0 spiro atoms. The number of aromatic amines is 1. The Balaban J connectivity index is 1.86. The average molecular weight is 354 g/mol. The molecule has 5 heteroatoms. The minimum Gasteiger partial charge on any atom is -0.443 e. The normalized spacial score (nSPS) is 15.5. The molecule has 0 aliphatic carbocycles. The van der Waals surface area contributed by atoms with Crippen LogP contribution in [-0.2, 0) is 9.53 Å². The smallest absolute Gasteiger partial charge is 0.417 e. The molecule has 3 rings (SSSR count). The molecule has 0 fully saturated rings. The summed E-state index contributed by atoms with van der Waals surface area (Å²) in [6, 6.07) is 6.19. The van der Waals surface area contributed by atoms with Gasteiger partial charge in [-0.15, -0.1) is 0 Å². The monoisotopic (exact) mass is 354 g/mol. The Bertz CT molecular complexity index is 884. The van der Waals surface area contributed by atoms with Crippen LogP contribution in [0.1, 0.15) is 58.1 Å². The third kappa shape index (κ3) is 3.66. The predicted molar refractivity (Wildman–Crippen MR) is 103 cm³/mol. The standard InChI is InChI=1S/C21H26N2O3/c1-13(2)17-12-22-18-7-6-14(10-16(17)18)15-8-9-23(19(24)11-15)20(25)26-21(3,4)5/h6-7,10-13,22H,8-9H2,1-5H3. The van der Waals surface area contributed by atoms with Crippen LogP contribution in [0.3, 0.4) is 0 Å². The highest BCUT2D eigenvalue weighted by Gasteiger charge is 2.29. The molecule has 5 nitrogen and oxygen atoms in total. The van der Waals surface area contributed by atoms with Gasteiger partial charge in [-0.05, 0) is 61.9 Å². The minimum absolute atomic E-state index is 0.321. The molecule has 2 amide bonds. The lowest BCUT2D eigenvalue weighted by atomic mass is 9.95. The maximum atomic E-state index is 12.4. The van der Waals surface area contributed by atoms with E-state index >= 15 is 0 Å². The fourth-order valence-corrected chi connectivity index (χ4v) is 3.19. The molecule has 0 radical (unpaired) electrons. The lowest BCUT2D eigenvalue weighted by Gasteiger charge is -2.28. The van der Waals surface area contributed by atoms with Crippen molar-refractivity contribution in [1.82, 2.24) is 9.88 Å². The summed E-state index contributed by atoms with van der Waals surface area (Å²) < 4.78 is 5.31. The van der Waals surface area contributed by atoms with Gasteiger partial charge in [0.25, 0.3) is 5.91 Å². The highest BCUT2D eigenvalue weighted by molar-refractivity contribution is 6.05. The largest absolute Gasteiger partial charge is 0.443 e. The summed E-state index contributed by atoms with van der Waals surface area (Å²) in [4.78, 5) is 29.1. The number of carbonyl (C=O) groups excluding carboxylic acids is 2. The topological polar surface area (TPSA) is 62.4 Å². The van der Waals surface area contributed by atoms with Gasteiger partial charge in [0, 0.05) is 29.7 Å². The highest BCUT2D eigenvalue weighted by Crippen LogP contribution is 2.30. The molecule has 0 unspecified atom stereocenters. The van der Waals surface area contributed by atoms with Gasteiger partial charge in [-0.25, -0.2) is 9.69 Å². The Morgan fingerprint density at radius 1 is 1.27 bits per heavy atom. The van der Waals surface area contributed by atoms with E-state index in [1.54, 1.807) is 26.8 Å². The van der Waals surface area contributed by atoms with Crippen LogP contribution in [0.4, 0.5) is 4.79 Å². The number of imide groups is 1. The number of H-pyrrole nitrogens is 1. The molecule has 1 aromatic carbocycles. The van der Waals surface area contributed by atoms with E-state index in [9.17, 15) is 9.59 Å². The summed E-state index contributed by atoms with van der Waals surface area (Å²) in [5.74, 6) is 0.0994. The van der Waals surface area contributed by atoms with Crippen molar-refractivity contribution in [3.8, 4) is 0 Å². The number of hydrogen-bond acceptors (Lipinski definition) is 3. The highest BCUT2D eigenvalue weighted by atomic mass is 16.6. The van der Waals surface area contributed by atoms with Crippen molar-refractivity contribution in [2.24, 2.45) is 0 Å². The van der Waals surface area contributed by atoms with Gasteiger partial charge < -0.3 is 9.72 Å². The van der Waals surface area contributed by atoms with E-state index in [0.29, 0.717) is 18.9 Å². The van der Waals surface area contributed by atoms with E-state index in [4.69, 9.17) is 4.74 Å². The predicted octanol–water partition coefficient (Wildman–Crippen LogP) is 4.84. The number of ether oxygens (including phenoxy) is 1. The molecule has 2 heterocycles. The lowest BCUT2D eigenvalue weighted by molar-refractivity contribution is -0.125. The maximum absolute atomic E-state index is 12.4. The molecule has 1 N–H and O–H groups in total. The molecule has 0 atom stereocenters. The van der Waals surface area contributed by atoms with Gasteiger partial charge in [-0.3, -0.25) is 4.79 Å². The molecule has 1 aliphatic heterocycles. The second-order valence-corrected chi connectivity index (χ2v) is 8.05. The van der Waals surface area contributed by atoms with Gasteiger partial charge in [0.1, 0.15) is 5.60 Å². The first-order valence-electron chi connectivity index (χ1n) is 9.02. The molecular weight excluding hydrogens is 328 g/mol. The van der Waals surface area contributed by atoms with Crippen LogP contribution in [0.5, 0.6) is 0 Å². The zero-order valence-electron chi connectivity index (χ0n) is 16.1. The van der Waals surface area contributed by atoms with E-state index in [1.807, 2.05) is 18.3 Å². The zero-order valence-corrected chi connectivity index (χ0v) is 16.1. The number of benzene rings is 1. The van der Waals surface area contributed by atoms with Crippen molar-refractivity contribution in [2.75, 3.05) is 6.54 Å². The summed E-state index contributed by atoms with van der Waals surface area (Å²) in [6.45, 7) is 10.0. The van der Waals surface area contributed by atoms with Crippen LogP contribution in [0, 0.1) is 0 Å². The average Bonchev–Trinajstić information content (AvgIpc) is 2.96. The van der Waals surface area contributed by atoms with Crippen LogP contribution in [0.2, 0.25) is 0 Å². The first kappa shape index (κ1) is 18.2. The Labute approximate surface area is 154 Å². The third-order valence-corrected chi connectivity index (χ3v) is 4.49. The molecule has 0 bridgehead atoms. The molecule has 1 aromatic heterocycles. The molecule has 1 aliphatic rings. The third-order valence-electron chi connectivity index (χ3n) is 4.49. The Morgan fingerprint density at radius 2 is 2.00 bits per heavy atom. The molecule has 0 saturated carbocycles. The van der Waals surface area contributed by atoms with Gasteiger partial charge in [-0.1, -0.05) is 19.9 Å². The number of fused-ring (bicyclic) bond motifs is 1. The molecule has 138 valence electrons. The summed E-state index contributed by atoms with van der Waals surface area (Å²) in [5.41, 5.74) is 3.72. The SMILES string of the molecule is CC(C)c1c[nH]c2ccc(C3=CC(=O)N(C(=O)OC(C)(C)C)CC3)cc12.